The monoisotopic (exact) mass is 1460 g/mol. The summed E-state index contributed by atoms with van der Waals surface area (Å²) in [5, 5.41) is 40.1. The molecule has 20 saturated heterocycles. The van der Waals surface area contributed by atoms with Gasteiger partial charge in [0.1, 0.15) is 72.6 Å². The van der Waals surface area contributed by atoms with Crippen molar-refractivity contribution in [2.45, 2.75) is 388 Å². The van der Waals surface area contributed by atoms with Gasteiger partial charge < -0.3 is 106 Å². The van der Waals surface area contributed by atoms with Crippen LogP contribution in [0.2, 0.25) is 0 Å². The smallest absolute Gasteiger partial charge is 0.172 e. The predicted octanol–water partition coefficient (Wildman–Crippen LogP) is 6.94. The van der Waals surface area contributed by atoms with Gasteiger partial charge in [-0.3, -0.25) is 9.59 Å². The first kappa shape index (κ1) is 74.2. The SMILES string of the molecule is C=C1CC2CCC34CC5OC6C(O3)C3OC(CCC3O[C@H]6C5O4)CC(=O)CC3C(CC4OC(CCC1O2)CC(C)C4=C)OC(CC(O)CO)C3OC.C=C1CC2CCC34CC5OC6C(O3)C3OC(CCC3O[C@H]6C5O4)CC(=O)CC3C(CC4OC(CCC1O2)CC(C)C4=C)OC(CC(O)CO)C3OC. The van der Waals surface area contributed by atoms with Crippen LogP contribution in [0.1, 0.15) is 181 Å². The number of rotatable bonds is 8. The van der Waals surface area contributed by atoms with E-state index in [9.17, 15) is 30.0 Å². The third-order valence-corrected chi connectivity index (χ3v) is 27.8. The van der Waals surface area contributed by atoms with Gasteiger partial charge in [0.25, 0.3) is 0 Å². The Morgan fingerprint density at radius 2 is 0.769 bits per heavy atom. The van der Waals surface area contributed by atoms with Gasteiger partial charge in [-0.25, -0.2) is 0 Å². The number of Topliss-reactive ketones (excluding diaryl/α,β-unsaturated/α-hetero) is 2. The van der Waals surface area contributed by atoms with Crippen LogP contribution >= 0.6 is 0 Å². The lowest BCUT2D eigenvalue weighted by atomic mass is 9.81. The van der Waals surface area contributed by atoms with Crippen LogP contribution in [0.3, 0.4) is 0 Å². The van der Waals surface area contributed by atoms with E-state index in [1.807, 2.05) is 0 Å². The average Bonchev–Trinajstić information content (AvgIpc) is 1.55. The Kier molecular flexibility index (Phi) is 21.5. The predicted molar refractivity (Wildman–Crippen MR) is 369 cm³/mol. The molecule has 24 bridgehead atoms. The zero-order valence-corrected chi connectivity index (χ0v) is 61.4. The summed E-state index contributed by atoms with van der Waals surface area (Å²) in [7, 11) is 3.26. The molecule has 104 heavy (non-hydrogen) atoms. The Hall–Kier alpha value is -2.58. The highest BCUT2D eigenvalue weighted by molar-refractivity contribution is 5.80. The third-order valence-electron chi connectivity index (χ3n) is 27.8. The van der Waals surface area contributed by atoms with E-state index in [0.29, 0.717) is 51.4 Å². The summed E-state index contributed by atoms with van der Waals surface area (Å²) >= 11 is 0. The number of hydrogen-bond donors (Lipinski definition) is 4. The van der Waals surface area contributed by atoms with E-state index < -0.39 is 48.2 Å². The highest BCUT2D eigenvalue weighted by atomic mass is 16.8. The Morgan fingerprint density at radius 1 is 0.394 bits per heavy atom. The van der Waals surface area contributed by atoms with Crippen molar-refractivity contribution in [2.75, 3.05) is 27.4 Å². The fourth-order valence-corrected chi connectivity index (χ4v) is 22.5. The molecular formula is C80H116O24. The van der Waals surface area contributed by atoms with Crippen molar-refractivity contribution < 1.29 is 115 Å². The maximum absolute atomic E-state index is 14.0. The minimum absolute atomic E-state index is 0.0260. The van der Waals surface area contributed by atoms with Gasteiger partial charge in [0, 0.05) is 103 Å². The normalized spacial score (nSPS) is 52.4. The van der Waals surface area contributed by atoms with Gasteiger partial charge in [0.2, 0.25) is 0 Å². The molecule has 0 amide bonds. The van der Waals surface area contributed by atoms with Crippen LogP contribution in [-0.4, -0.2) is 266 Å². The van der Waals surface area contributed by atoms with Gasteiger partial charge in [-0.2, -0.15) is 0 Å². The molecule has 0 aromatic carbocycles. The van der Waals surface area contributed by atoms with Crippen molar-refractivity contribution in [2.24, 2.45) is 23.7 Å². The number of methoxy groups -OCH3 is 2. The van der Waals surface area contributed by atoms with Crippen molar-refractivity contribution in [3.63, 3.8) is 0 Å². The Balaban J connectivity index is 0.000000154. The number of aliphatic hydroxyl groups is 4. The molecule has 20 heterocycles. The largest absolute Gasteiger partial charge is 0.394 e. The van der Waals surface area contributed by atoms with Crippen molar-refractivity contribution in [1.82, 2.24) is 0 Å². The summed E-state index contributed by atoms with van der Waals surface area (Å²) in [5.41, 5.74) is 4.34. The van der Waals surface area contributed by atoms with Crippen LogP contribution in [-0.2, 0) is 94.9 Å². The minimum Gasteiger partial charge on any atom is -0.394 e. The van der Waals surface area contributed by atoms with E-state index in [-0.39, 0.29) is 246 Å². The summed E-state index contributed by atoms with van der Waals surface area (Å²) in [5.74, 6) is -1.42. The standard InChI is InChI=1S/2C40H58O12/c2*1-19-11-24-5-7-28-20(2)12-26(45-28)9-10-40-17-33-36(51-40)37-38(50-33)39(52-40)35-29(49-37)8-6-25(47-35)13-22(42)14-27-31(16-30(46-24)21(19)3)48-32(34(27)44-4)15-23(43)18-41/h2*19,23-39,41,43H,2-3,5-18H2,1,4H3/t2*19?,23?,24?,25?,26?,27?,28?,29?,30?,31?,32?,33?,34?,35?,36?,37-,38?,39?,40?/m00/s1. The van der Waals surface area contributed by atoms with Crippen molar-refractivity contribution >= 4 is 11.6 Å². The summed E-state index contributed by atoms with van der Waals surface area (Å²) in [6.45, 7) is 21.4. The first-order valence-corrected chi connectivity index (χ1v) is 40.2. The Morgan fingerprint density at radius 3 is 1.18 bits per heavy atom. The van der Waals surface area contributed by atoms with Crippen LogP contribution in [0.25, 0.3) is 0 Å². The second-order valence-electron chi connectivity index (χ2n) is 34.7. The van der Waals surface area contributed by atoms with Gasteiger partial charge in [-0.1, -0.05) is 40.2 Å². The summed E-state index contributed by atoms with van der Waals surface area (Å²) in [6.07, 6.45) is 8.03. The fourth-order valence-electron chi connectivity index (χ4n) is 22.5. The molecule has 24 nitrogen and oxygen atoms in total. The quantitative estimate of drug-likeness (QED) is 0.179. The van der Waals surface area contributed by atoms with E-state index >= 15 is 0 Å². The second-order valence-corrected chi connectivity index (χ2v) is 34.7. The number of ether oxygens (including phenoxy) is 18. The van der Waals surface area contributed by atoms with Gasteiger partial charge in [0.15, 0.2) is 11.6 Å². The molecule has 0 aromatic heterocycles. The summed E-state index contributed by atoms with van der Waals surface area (Å²) < 4.78 is 120. The Labute approximate surface area is 611 Å². The van der Waals surface area contributed by atoms with Gasteiger partial charge >= 0.3 is 0 Å². The topological polar surface area (TPSA) is 281 Å². The molecule has 580 valence electrons. The second kappa shape index (κ2) is 30.2. The van der Waals surface area contributed by atoms with E-state index in [1.165, 1.54) is 0 Å². The molecule has 0 aliphatic carbocycles. The molecule has 0 saturated carbocycles. The molecule has 36 unspecified atom stereocenters. The van der Waals surface area contributed by atoms with Crippen LogP contribution in [0, 0.1) is 23.7 Å². The van der Waals surface area contributed by atoms with Crippen LogP contribution < -0.4 is 0 Å². The molecule has 0 aromatic rings. The lowest BCUT2D eigenvalue weighted by molar-refractivity contribution is -0.292. The number of fused-ring (bicyclic) bond motifs is 12. The van der Waals surface area contributed by atoms with Crippen molar-refractivity contribution in [1.29, 1.82) is 0 Å². The lowest BCUT2D eigenvalue weighted by Crippen LogP contribution is -2.61. The first-order valence-electron chi connectivity index (χ1n) is 40.2. The van der Waals surface area contributed by atoms with Crippen molar-refractivity contribution in [3.8, 4) is 0 Å². The molecular weight excluding hydrogens is 1340 g/mol. The molecule has 2 spiro atoms. The maximum Gasteiger partial charge on any atom is 0.172 e. The molecule has 20 fully saturated rings. The van der Waals surface area contributed by atoms with Crippen molar-refractivity contribution in [3.05, 3.63) is 48.6 Å². The van der Waals surface area contributed by atoms with E-state index in [4.69, 9.17) is 85.3 Å². The van der Waals surface area contributed by atoms with E-state index in [2.05, 4.69) is 40.2 Å². The van der Waals surface area contributed by atoms with Gasteiger partial charge in [0.05, 0.1) is 148 Å². The minimum atomic E-state index is -0.951. The molecule has 20 aliphatic heterocycles. The zero-order chi connectivity index (χ0) is 71.8. The number of aliphatic hydroxyl groups excluding tert-OH is 4. The summed E-state index contributed by atoms with van der Waals surface area (Å²) in [4.78, 5) is 28.1. The van der Waals surface area contributed by atoms with Crippen LogP contribution in [0.5, 0.6) is 0 Å². The molecule has 20 rings (SSSR count). The highest BCUT2D eigenvalue weighted by Gasteiger charge is 2.71. The number of ketones is 2. The van der Waals surface area contributed by atoms with Crippen LogP contribution in [0.15, 0.2) is 48.6 Å². The Bertz CT molecular complexity index is 2950. The summed E-state index contributed by atoms with van der Waals surface area (Å²) in [6, 6.07) is 0. The molecule has 38 atom stereocenters. The highest BCUT2D eigenvalue weighted by Crippen LogP contribution is 2.57. The molecule has 24 heteroatoms. The molecule has 0 radical (unpaired) electrons. The molecule has 4 N–H and O–H groups in total. The average molecular weight is 1460 g/mol. The number of carbonyl (C=O) groups is 2. The van der Waals surface area contributed by atoms with Gasteiger partial charge in [-0.15, -0.1) is 0 Å². The fraction of sp³-hybridized carbons (Fsp3) is 0.875. The van der Waals surface area contributed by atoms with E-state index in [1.54, 1.807) is 14.2 Å². The van der Waals surface area contributed by atoms with E-state index in [0.717, 1.165) is 99.3 Å². The molecule has 20 aliphatic rings. The lowest BCUT2D eigenvalue weighted by Gasteiger charge is -2.47. The number of carbonyl (C=O) groups excluding carboxylic acids is 2. The zero-order valence-electron chi connectivity index (χ0n) is 61.4. The number of hydrogen-bond acceptors (Lipinski definition) is 24. The van der Waals surface area contributed by atoms with Crippen LogP contribution in [0.4, 0.5) is 0 Å². The first-order chi connectivity index (χ1) is 50.2. The van der Waals surface area contributed by atoms with Gasteiger partial charge in [-0.05, 0) is 124 Å². The third kappa shape index (κ3) is 14.3. The maximum atomic E-state index is 14.0.